The third-order valence-electron chi connectivity index (χ3n) is 4.79. The van der Waals surface area contributed by atoms with Gasteiger partial charge in [0.1, 0.15) is 5.65 Å². The number of carbonyl (C=O) groups excluding carboxylic acids is 1. The Labute approximate surface area is 175 Å². The lowest BCUT2D eigenvalue weighted by Crippen LogP contribution is -2.27. The molecule has 0 spiro atoms. The second-order valence-electron chi connectivity index (χ2n) is 6.76. The molecular weight excluding hydrogens is 400 g/mol. The molecule has 1 amide bonds. The molecule has 1 atom stereocenters. The second-order valence-corrected chi connectivity index (χ2v) is 8.69. The normalized spacial score (nSPS) is 12.6. The predicted octanol–water partition coefficient (Wildman–Crippen LogP) is 5.07. The van der Waals surface area contributed by atoms with Crippen LogP contribution in [-0.2, 0) is 4.79 Å². The van der Waals surface area contributed by atoms with Crippen LogP contribution in [-0.4, -0.2) is 26.0 Å². The van der Waals surface area contributed by atoms with Crippen LogP contribution in [0.3, 0.4) is 0 Å². The van der Waals surface area contributed by atoms with Crippen molar-refractivity contribution in [3.63, 3.8) is 0 Å². The van der Waals surface area contributed by atoms with E-state index in [-0.39, 0.29) is 11.9 Å². The molecule has 0 saturated carbocycles. The average Bonchev–Trinajstić information content (AvgIpc) is 3.40. The van der Waals surface area contributed by atoms with Gasteiger partial charge in [-0.05, 0) is 42.6 Å². The molecule has 0 aliphatic rings. The summed E-state index contributed by atoms with van der Waals surface area (Å²) in [6, 6.07) is 20.0. The minimum absolute atomic E-state index is 0.00163. The summed E-state index contributed by atoms with van der Waals surface area (Å²) < 4.78 is 2.05. The molecule has 0 saturated heterocycles. The molecule has 3 heterocycles. The molecule has 2 aromatic carbocycles. The Hall–Kier alpha value is -2.90. The number of hydrogen-bond acceptors (Lipinski definition) is 5. The van der Waals surface area contributed by atoms with Gasteiger partial charge in [-0.2, -0.15) is 0 Å². The fourth-order valence-electron chi connectivity index (χ4n) is 3.43. The van der Waals surface area contributed by atoms with E-state index >= 15 is 0 Å². The topological polar surface area (TPSA) is 59.3 Å². The number of imidazole rings is 1. The van der Waals surface area contributed by atoms with Gasteiger partial charge >= 0.3 is 0 Å². The lowest BCUT2D eigenvalue weighted by Gasteiger charge is -2.12. The molecule has 0 aliphatic heterocycles. The molecule has 0 radical (unpaired) electrons. The summed E-state index contributed by atoms with van der Waals surface area (Å²) in [6.45, 7) is 2.00. The number of amides is 1. The quantitative estimate of drug-likeness (QED) is 0.320. The summed E-state index contributed by atoms with van der Waals surface area (Å²) in [5, 5.41) is 6.86. The smallest absolute Gasteiger partial charge is 0.230 e. The molecule has 5 rings (SSSR count). The summed E-state index contributed by atoms with van der Waals surface area (Å²) in [5.74, 6) is 0.284. The standard InChI is InChI=1S/C22H18N4OS2/c1-14(19-11-6-12-28-19)23-20(27)13-29-22-25-16-8-3-2-7-15(16)21-24-17-9-4-5-10-18(17)26(21)22/h2-12,14H,13H2,1H3,(H,23,27). The minimum atomic E-state index is -0.0107. The van der Waals surface area contributed by atoms with Crippen LogP contribution < -0.4 is 5.32 Å². The Kier molecular flexibility index (Phi) is 4.69. The van der Waals surface area contributed by atoms with Crippen LogP contribution in [0.1, 0.15) is 17.8 Å². The summed E-state index contributed by atoms with van der Waals surface area (Å²) in [6.07, 6.45) is 0. The van der Waals surface area contributed by atoms with Crippen LogP contribution in [0.25, 0.3) is 27.6 Å². The molecule has 0 aliphatic carbocycles. The van der Waals surface area contributed by atoms with Gasteiger partial charge in [0.05, 0.1) is 28.3 Å². The first-order valence-electron chi connectivity index (χ1n) is 9.32. The molecule has 29 heavy (non-hydrogen) atoms. The third-order valence-corrected chi connectivity index (χ3v) is 6.79. The number of aromatic nitrogens is 3. The van der Waals surface area contributed by atoms with Gasteiger partial charge in [0.25, 0.3) is 0 Å². The molecule has 5 aromatic rings. The first kappa shape index (κ1) is 18.1. The van der Waals surface area contributed by atoms with Crippen molar-refractivity contribution in [2.24, 2.45) is 0 Å². The van der Waals surface area contributed by atoms with E-state index in [0.717, 1.165) is 37.6 Å². The maximum absolute atomic E-state index is 12.5. The summed E-state index contributed by atoms with van der Waals surface area (Å²) >= 11 is 3.08. The Morgan fingerprint density at radius 2 is 1.86 bits per heavy atom. The molecule has 144 valence electrons. The number of fused-ring (bicyclic) bond motifs is 5. The maximum Gasteiger partial charge on any atom is 0.230 e. The van der Waals surface area contributed by atoms with E-state index in [1.54, 1.807) is 11.3 Å². The van der Waals surface area contributed by atoms with Gasteiger partial charge < -0.3 is 5.32 Å². The van der Waals surface area contributed by atoms with Crippen molar-refractivity contribution in [1.82, 2.24) is 19.7 Å². The third kappa shape index (κ3) is 3.36. The van der Waals surface area contributed by atoms with E-state index in [1.165, 1.54) is 11.8 Å². The van der Waals surface area contributed by atoms with Gasteiger partial charge in [0.15, 0.2) is 5.16 Å². The highest BCUT2D eigenvalue weighted by molar-refractivity contribution is 7.99. The lowest BCUT2D eigenvalue weighted by molar-refractivity contribution is -0.119. The SMILES string of the molecule is CC(NC(=O)CSc1nc2ccccc2c2nc3ccccc3n12)c1cccs1. The maximum atomic E-state index is 12.5. The molecule has 0 fully saturated rings. The largest absolute Gasteiger partial charge is 0.348 e. The molecule has 1 unspecified atom stereocenters. The number of thiophene rings is 1. The Balaban J connectivity index is 1.49. The molecule has 1 N–H and O–H groups in total. The van der Waals surface area contributed by atoms with Crippen LogP contribution in [0.4, 0.5) is 0 Å². The highest BCUT2D eigenvalue weighted by atomic mass is 32.2. The first-order chi connectivity index (χ1) is 14.2. The minimum Gasteiger partial charge on any atom is -0.348 e. The number of thioether (sulfide) groups is 1. The van der Waals surface area contributed by atoms with Crippen molar-refractivity contribution in [1.29, 1.82) is 0 Å². The van der Waals surface area contributed by atoms with Crippen molar-refractivity contribution in [3.05, 3.63) is 70.9 Å². The van der Waals surface area contributed by atoms with E-state index in [4.69, 9.17) is 9.97 Å². The van der Waals surface area contributed by atoms with Gasteiger partial charge in [-0.15, -0.1) is 11.3 Å². The van der Waals surface area contributed by atoms with Crippen molar-refractivity contribution in [2.45, 2.75) is 18.1 Å². The number of nitrogens with one attached hydrogen (secondary N) is 1. The number of para-hydroxylation sites is 3. The van der Waals surface area contributed by atoms with Gasteiger partial charge in [-0.25, -0.2) is 9.97 Å². The lowest BCUT2D eigenvalue weighted by atomic mass is 10.2. The van der Waals surface area contributed by atoms with Crippen LogP contribution >= 0.6 is 23.1 Å². The number of benzene rings is 2. The van der Waals surface area contributed by atoms with Crippen molar-refractivity contribution in [3.8, 4) is 0 Å². The molecule has 5 nitrogen and oxygen atoms in total. The Bertz CT molecular complexity index is 1330. The fraction of sp³-hybridized carbons (Fsp3) is 0.136. The molecule has 3 aromatic heterocycles. The van der Waals surface area contributed by atoms with Crippen LogP contribution in [0.5, 0.6) is 0 Å². The Morgan fingerprint density at radius 1 is 1.07 bits per heavy atom. The zero-order chi connectivity index (χ0) is 19.8. The molecular formula is C22H18N4OS2. The van der Waals surface area contributed by atoms with E-state index < -0.39 is 0 Å². The highest BCUT2D eigenvalue weighted by Gasteiger charge is 2.16. The predicted molar refractivity (Wildman–Crippen MR) is 120 cm³/mol. The highest BCUT2D eigenvalue weighted by Crippen LogP contribution is 2.29. The van der Waals surface area contributed by atoms with Crippen molar-refractivity contribution >= 4 is 56.6 Å². The van der Waals surface area contributed by atoms with E-state index in [1.807, 2.05) is 73.0 Å². The zero-order valence-electron chi connectivity index (χ0n) is 15.7. The first-order valence-corrected chi connectivity index (χ1v) is 11.2. The average molecular weight is 419 g/mol. The number of carbonyl (C=O) groups is 1. The number of rotatable bonds is 5. The van der Waals surface area contributed by atoms with Crippen LogP contribution in [0.15, 0.2) is 71.2 Å². The van der Waals surface area contributed by atoms with Gasteiger partial charge in [0.2, 0.25) is 5.91 Å². The number of hydrogen-bond donors (Lipinski definition) is 1. The summed E-state index contributed by atoms with van der Waals surface area (Å²) in [7, 11) is 0. The summed E-state index contributed by atoms with van der Waals surface area (Å²) in [5.41, 5.74) is 3.66. The summed E-state index contributed by atoms with van der Waals surface area (Å²) in [4.78, 5) is 23.4. The molecule has 7 heteroatoms. The fourth-order valence-corrected chi connectivity index (χ4v) is 4.99. The second kappa shape index (κ2) is 7.50. The van der Waals surface area contributed by atoms with Gasteiger partial charge in [-0.3, -0.25) is 9.20 Å². The Morgan fingerprint density at radius 3 is 2.69 bits per heavy atom. The van der Waals surface area contributed by atoms with Crippen LogP contribution in [0, 0.1) is 0 Å². The van der Waals surface area contributed by atoms with Crippen molar-refractivity contribution < 1.29 is 4.79 Å². The zero-order valence-corrected chi connectivity index (χ0v) is 17.3. The van der Waals surface area contributed by atoms with E-state index in [9.17, 15) is 4.79 Å². The van der Waals surface area contributed by atoms with E-state index in [2.05, 4.69) is 9.72 Å². The van der Waals surface area contributed by atoms with Crippen molar-refractivity contribution in [2.75, 3.05) is 5.75 Å². The molecule has 0 bridgehead atoms. The van der Waals surface area contributed by atoms with Gasteiger partial charge in [-0.1, -0.05) is 42.1 Å². The van der Waals surface area contributed by atoms with E-state index in [0.29, 0.717) is 5.75 Å². The van der Waals surface area contributed by atoms with Crippen LogP contribution in [0.2, 0.25) is 0 Å². The number of nitrogens with zero attached hydrogens (tertiary/aromatic N) is 3. The monoisotopic (exact) mass is 418 g/mol. The van der Waals surface area contributed by atoms with Gasteiger partial charge in [0, 0.05) is 10.3 Å².